The number of nitrogens with zero attached hydrogens (tertiary/aromatic N) is 1. The summed E-state index contributed by atoms with van der Waals surface area (Å²) < 4.78 is 10.7. The van der Waals surface area contributed by atoms with Crippen LogP contribution in [0.4, 0.5) is 0 Å². The summed E-state index contributed by atoms with van der Waals surface area (Å²) in [5.74, 6) is 0.720. The van der Waals surface area contributed by atoms with E-state index in [0.717, 1.165) is 21.9 Å². The summed E-state index contributed by atoms with van der Waals surface area (Å²) in [6, 6.07) is 3.81. The number of rotatable bonds is 3. The second-order valence-electron chi connectivity index (χ2n) is 3.49. The molecule has 4 heteroatoms. The van der Waals surface area contributed by atoms with Gasteiger partial charge in [0.1, 0.15) is 11.3 Å². The van der Waals surface area contributed by atoms with Gasteiger partial charge in [-0.15, -0.1) is 0 Å². The lowest BCUT2D eigenvalue weighted by Gasteiger charge is -1.98. The van der Waals surface area contributed by atoms with Crippen LogP contribution in [0.25, 0.3) is 11.1 Å². The van der Waals surface area contributed by atoms with E-state index < -0.39 is 0 Å². The fourth-order valence-corrected chi connectivity index (χ4v) is 2.06. The quantitative estimate of drug-likeness (QED) is 0.747. The molecule has 0 spiro atoms. The van der Waals surface area contributed by atoms with E-state index in [2.05, 4.69) is 18.8 Å². The molecule has 0 saturated heterocycles. The molecule has 0 aliphatic carbocycles. The molecule has 2 aromatic rings. The van der Waals surface area contributed by atoms with Crippen molar-refractivity contribution >= 4 is 22.9 Å². The van der Waals surface area contributed by atoms with Crippen molar-refractivity contribution in [3.05, 3.63) is 18.3 Å². The average Bonchev–Trinajstić information content (AvgIpc) is 2.57. The highest BCUT2D eigenvalue weighted by Gasteiger charge is 2.08. The maximum atomic E-state index is 5.64. The molecule has 0 N–H and O–H groups in total. The van der Waals surface area contributed by atoms with Crippen LogP contribution in [-0.2, 0) is 0 Å². The van der Waals surface area contributed by atoms with Crippen molar-refractivity contribution in [2.45, 2.75) is 24.2 Å². The van der Waals surface area contributed by atoms with Gasteiger partial charge in [0.2, 0.25) is 0 Å². The van der Waals surface area contributed by atoms with E-state index in [-0.39, 0.29) is 0 Å². The molecule has 0 fully saturated rings. The molecular formula is C11H13NO2S. The van der Waals surface area contributed by atoms with Crippen molar-refractivity contribution in [1.82, 2.24) is 4.98 Å². The summed E-state index contributed by atoms with van der Waals surface area (Å²) >= 11 is 1.69. The molecule has 80 valence electrons. The van der Waals surface area contributed by atoms with Crippen molar-refractivity contribution in [2.24, 2.45) is 0 Å². The van der Waals surface area contributed by atoms with Crippen molar-refractivity contribution in [1.29, 1.82) is 0 Å². The topological polar surface area (TPSA) is 35.3 Å². The first-order chi connectivity index (χ1) is 7.19. The van der Waals surface area contributed by atoms with Crippen LogP contribution in [0.1, 0.15) is 13.8 Å². The summed E-state index contributed by atoms with van der Waals surface area (Å²) in [7, 11) is 1.62. The highest BCUT2D eigenvalue weighted by molar-refractivity contribution is 7.99. The minimum atomic E-state index is 0.507. The molecule has 2 rings (SSSR count). The van der Waals surface area contributed by atoms with Crippen LogP contribution < -0.4 is 4.74 Å². The molecule has 0 aliphatic rings. The smallest absolute Gasteiger partial charge is 0.163 e. The van der Waals surface area contributed by atoms with Gasteiger partial charge in [-0.25, -0.2) is 4.98 Å². The number of fused-ring (bicyclic) bond motifs is 1. The van der Waals surface area contributed by atoms with Gasteiger partial charge < -0.3 is 9.15 Å². The van der Waals surface area contributed by atoms with Gasteiger partial charge in [-0.05, 0) is 0 Å². The van der Waals surface area contributed by atoms with Gasteiger partial charge in [0.05, 0.1) is 13.3 Å². The molecule has 3 nitrogen and oxygen atoms in total. The third-order valence-electron chi connectivity index (χ3n) is 1.91. The van der Waals surface area contributed by atoms with Crippen molar-refractivity contribution in [2.75, 3.05) is 7.11 Å². The number of pyridine rings is 1. The van der Waals surface area contributed by atoms with Crippen LogP contribution >= 0.6 is 11.8 Å². The van der Waals surface area contributed by atoms with Gasteiger partial charge in [-0.2, -0.15) is 0 Å². The molecule has 2 aromatic heterocycles. The highest BCUT2D eigenvalue weighted by atomic mass is 32.2. The van der Waals surface area contributed by atoms with E-state index in [1.165, 1.54) is 0 Å². The summed E-state index contributed by atoms with van der Waals surface area (Å²) in [5, 5.41) is 1.41. The zero-order valence-electron chi connectivity index (χ0n) is 8.98. The largest absolute Gasteiger partial charge is 0.495 e. The summed E-state index contributed by atoms with van der Waals surface area (Å²) in [6.45, 7) is 4.26. The summed E-state index contributed by atoms with van der Waals surface area (Å²) in [6.07, 6.45) is 1.70. The Morgan fingerprint density at radius 1 is 1.40 bits per heavy atom. The zero-order valence-corrected chi connectivity index (χ0v) is 9.80. The molecule has 0 bridgehead atoms. The number of thioether (sulfide) groups is 1. The van der Waals surface area contributed by atoms with Crippen LogP contribution in [0, 0.1) is 0 Å². The van der Waals surface area contributed by atoms with E-state index in [1.54, 1.807) is 25.1 Å². The molecule has 0 amide bonds. The number of methoxy groups -OCH3 is 1. The molecule has 15 heavy (non-hydrogen) atoms. The second-order valence-corrected chi connectivity index (χ2v) is 5.07. The summed E-state index contributed by atoms with van der Waals surface area (Å²) in [4.78, 5) is 4.25. The molecule has 0 unspecified atom stereocenters. The standard InChI is InChI=1S/C11H13NO2S/c1-7(2)15-11-5-9-10(14-11)4-8(13-3)6-12-9/h4-7H,1-3H3. The monoisotopic (exact) mass is 223 g/mol. The second kappa shape index (κ2) is 4.14. The Morgan fingerprint density at radius 2 is 2.20 bits per heavy atom. The van der Waals surface area contributed by atoms with Gasteiger partial charge in [0.15, 0.2) is 10.7 Å². The van der Waals surface area contributed by atoms with Crippen LogP contribution in [0.3, 0.4) is 0 Å². The lowest BCUT2D eigenvalue weighted by atomic mass is 10.4. The number of ether oxygens (including phenoxy) is 1. The fraction of sp³-hybridized carbons (Fsp3) is 0.364. The van der Waals surface area contributed by atoms with E-state index in [0.29, 0.717) is 5.25 Å². The normalized spacial score (nSPS) is 11.2. The predicted octanol–water partition coefficient (Wildman–Crippen LogP) is 3.34. The first kappa shape index (κ1) is 10.4. The Balaban J connectivity index is 2.37. The third-order valence-corrected chi connectivity index (χ3v) is 2.81. The third kappa shape index (κ3) is 2.26. The Kier molecular flexibility index (Phi) is 2.86. The predicted molar refractivity (Wildman–Crippen MR) is 61.6 cm³/mol. The molecule has 0 saturated carbocycles. The minimum absolute atomic E-state index is 0.507. The van der Waals surface area contributed by atoms with Crippen LogP contribution in [0.2, 0.25) is 0 Å². The molecular weight excluding hydrogens is 210 g/mol. The Bertz CT molecular complexity index is 465. The van der Waals surface area contributed by atoms with Crippen LogP contribution in [0.15, 0.2) is 27.8 Å². The first-order valence-corrected chi connectivity index (χ1v) is 5.67. The van der Waals surface area contributed by atoms with Gasteiger partial charge in [-0.3, -0.25) is 0 Å². The molecule has 0 radical (unpaired) electrons. The average molecular weight is 223 g/mol. The SMILES string of the molecule is COc1cnc2cc(SC(C)C)oc2c1. The maximum Gasteiger partial charge on any atom is 0.163 e. The van der Waals surface area contributed by atoms with Gasteiger partial charge >= 0.3 is 0 Å². The van der Waals surface area contributed by atoms with E-state index in [9.17, 15) is 0 Å². The molecule has 0 aliphatic heterocycles. The Labute approximate surface area is 92.8 Å². The molecule has 2 heterocycles. The van der Waals surface area contributed by atoms with E-state index in [1.807, 2.05) is 12.1 Å². The number of hydrogen-bond donors (Lipinski definition) is 0. The van der Waals surface area contributed by atoms with Gasteiger partial charge in [0, 0.05) is 17.4 Å². The van der Waals surface area contributed by atoms with Gasteiger partial charge in [0.25, 0.3) is 0 Å². The van der Waals surface area contributed by atoms with Crippen molar-refractivity contribution < 1.29 is 9.15 Å². The number of aromatic nitrogens is 1. The van der Waals surface area contributed by atoms with Crippen molar-refractivity contribution in [3.8, 4) is 5.75 Å². The Morgan fingerprint density at radius 3 is 2.87 bits per heavy atom. The maximum absolute atomic E-state index is 5.64. The van der Waals surface area contributed by atoms with Crippen LogP contribution in [0.5, 0.6) is 5.75 Å². The first-order valence-electron chi connectivity index (χ1n) is 4.79. The lowest BCUT2D eigenvalue weighted by molar-refractivity contribution is 0.412. The minimum Gasteiger partial charge on any atom is -0.495 e. The lowest BCUT2D eigenvalue weighted by Crippen LogP contribution is -1.82. The van der Waals surface area contributed by atoms with Crippen molar-refractivity contribution in [3.63, 3.8) is 0 Å². The Hall–Kier alpha value is -1.16. The van der Waals surface area contributed by atoms with Crippen LogP contribution in [-0.4, -0.2) is 17.3 Å². The number of hydrogen-bond acceptors (Lipinski definition) is 4. The fourth-order valence-electron chi connectivity index (χ4n) is 1.28. The molecule has 0 aromatic carbocycles. The molecule has 0 atom stereocenters. The van der Waals surface area contributed by atoms with Gasteiger partial charge in [-0.1, -0.05) is 25.6 Å². The highest BCUT2D eigenvalue weighted by Crippen LogP contribution is 2.30. The number of furan rings is 1. The van der Waals surface area contributed by atoms with E-state index >= 15 is 0 Å². The summed E-state index contributed by atoms with van der Waals surface area (Å²) in [5.41, 5.74) is 1.65. The zero-order chi connectivity index (χ0) is 10.8. The van der Waals surface area contributed by atoms with E-state index in [4.69, 9.17) is 9.15 Å².